The summed E-state index contributed by atoms with van der Waals surface area (Å²) < 4.78 is 17.0. The molecule has 0 aliphatic carbocycles. The van der Waals surface area contributed by atoms with Gasteiger partial charge in [-0.05, 0) is 62.9 Å². The van der Waals surface area contributed by atoms with Gasteiger partial charge in [0.05, 0.1) is 34.6 Å². The van der Waals surface area contributed by atoms with Crippen LogP contribution in [-0.2, 0) is 30.3 Å². The number of ether oxygens (including phenoxy) is 3. The SMILES string of the molecule is CCCCCCCCC(=O)OC(C(=O)OCC)N1C(=O)CCc2ccc(OCCCCN3CCN(c4cccc(Cl)c4Cl)CC3)cc21. The average Bonchev–Trinajstić information content (AvgIpc) is 3.07. The Labute approximate surface area is 289 Å². The van der Waals surface area contributed by atoms with Gasteiger partial charge in [0, 0.05) is 45.1 Å². The summed E-state index contributed by atoms with van der Waals surface area (Å²) in [5.41, 5.74) is 2.38. The zero-order valence-corrected chi connectivity index (χ0v) is 29.3. The van der Waals surface area contributed by atoms with Gasteiger partial charge in [0.15, 0.2) is 0 Å². The van der Waals surface area contributed by atoms with E-state index in [2.05, 4.69) is 16.7 Å². The number of halogens is 2. The quantitative estimate of drug-likeness (QED) is 0.118. The molecule has 2 heterocycles. The standard InChI is InChI=1S/C36H49Cl2N3O6/c1-3-5-6-7-8-9-15-33(43)47-35(36(44)45-4-2)41-31-26-28(18-16-27(31)17-19-32(41)42)46-25-11-10-20-39-21-23-40(24-22-39)30-14-12-13-29(37)34(30)38/h12-14,16,18,26,35H,3-11,15,17,19-25H2,1-2H3. The molecule has 258 valence electrons. The minimum Gasteiger partial charge on any atom is -0.494 e. The maximum absolute atomic E-state index is 13.2. The molecule has 2 aliphatic heterocycles. The first-order chi connectivity index (χ1) is 22.8. The van der Waals surface area contributed by atoms with E-state index >= 15 is 0 Å². The highest BCUT2D eigenvalue weighted by Gasteiger charge is 2.39. The summed E-state index contributed by atoms with van der Waals surface area (Å²) in [5.74, 6) is -0.970. The van der Waals surface area contributed by atoms with Gasteiger partial charge in [-0.2, -0.15) is 0 Å². The van der Waals surface area contributed by atoms with Crippen LogP contribution < -0.4 is 14.5 Å². The summed E-state index contributed by atoms with van der Waals surface area (Å²) in [5, 5.41) is 1.18. The summed E-state index contributed by atoms with van der Waals surface area (Å²) >= 11 is 12.6. The van der Waals surface area contributed by atoms with E-state index in [0.29, 0.717) is 40.9 Å². The molecule has 1 unspecified atom stereocenters. The van der Waals surface area contributed by atoms with Crippen molar-refractivity contribution in [3.05, 3.63) is 52.0 Å². The lowest BCUT2D eigenvalue weighted by atomic mass is 10.0. The van der Waals surface area contributed by atoms with Gasteiger partial charge in [-0.3, -0.25) is 19.4 Å². The fourth-order valence-corrected chi connectivity index (χ4v) is 6.47. The molecule has 0 saturated carbocycles. The van der Waals surface area contributed by atoms with E-state index in [9.17, 15) is 14.4 Å². The Morgan fingerprint density at radius 2 is 1.64 bits per heavy atom. The smallest absolute Gasteiger partial charge is 0.369 e. The molecule has 1 atom stereocenters. The highest BCUT2D eigenvalue weighted by atomic mass is 35.5. The molecule has 2 aromatic rings. The molecule has 0 spiro atoms. The number of carbonyl (C=O) groups is 3. The van der Waals surface area contributed by atoms with Crippen molar-refractivity contribution in [2.24, 2.45) is 0 Å². The second-order valence-electron chi connectivity index (χ2n) is 12.1. The number of hydrogen-bond donors (Lipinski definition) is 0. The van der Waals surface area contributed by atoms with Crippen LogP contribution in [0.3, 0.4) is 0 Å². The van der Waals surface area contributed by atoms with Gasteiger partial charge < -0.3 is 19.1 Å². The lowest BCUT2D eigenvalue weighted by Gasteiger charge is -2.36. The molecule has 4 rings (SSSR count). The number of hydrogen-bond acceptors (Lipinski definition) is 8. The van der Waals surface area contributed by atoms with E-state index in [-0.39, 0.29) is 25.4 Å². The Morgan fingerprint density at radius 1 is 0.872 bits per heavy atom. The third-order valence-corrected chi connectivity index (χ3v) is 9.48. The van der Waals surface area contributed by atoms with Crippen LogP contribution in [0.4, 0.5) is 11.4 Å². The maximum atomic E-state index is 13.2. The molecule has 2 aromatic carbocycles. The molecule has 0 bridgehead atoms. The maximum Gasteiger partial charge on any atom is 0.369 e. The Balaban J connectivity index is 1.28. The molecule has 1 amide bonds. The first-order valence-corrected chi connectivity index (χ1v) is 17.9. The fraction of sp³-hybridized carbons (Fsp3) is 0.583. The summed E-state index contributed by atoms with van der Waals surface area (Å²) in [6, 6.07) is 11.3. The number of rotatable bonds is 18. The molecule has 47 heavy (non-hydrogen) atoms. The highest BCUT2D eigenvalue weighted by Crippen LogP contribution is 2.35. The van der Waals surface area contributed by atoms with Crippen molar-refractivity contribution in [1.29, 1.82) is 0 Å². The number of piperazine rings is 1. The lowest BCUT2D eigenvalue weighted by Crippen LogP contribution is -2.50. The zero-order valence-electron chi connectivity index (χ0n) is 27.8. The first kappa shape index (κ1) is 36.8. The Bertz CT molecular complexity index is 1330. The number of benzene rings is 2. The molecular weight excluding hydrogens is 641 g/mol. The van der Waals surface area contributed by atoms with Crippen LogP contribution in [0.2, 0.25) is 10.0 Å². The zero-order chi connectivity index (χ0) is 33.6. The van der Waals surface area contributed by atoms with E-state index in [0.717, 1.165) is 82.5 Å². The molecule has 2 aliphatic rings. The molecule has 0 N–H and O–H groups in total. The van der Waals surface area contributed by atoms with Gasteiger partial charge in [-0.15, -0.1) is 0 Å². The molecule has 9 nitrogen and oxygen atoms in total. The van der Waals surface area contributed by atoms with Crippen LogP contribution in [0.15, 0.2) is 36.4 Å². The van der Waals surface area contributed by atoms with Crippen LogP contribution in [0, 0.1) is 0 Å². The molecule has 0 radical (unpaired) electrons. The van der Waals surface area contributed by atoms with Crippen molar-refractivity contribution in [2.45, 2.75) is 90.7 Å². The third-order valence-electron chi connectivity index (χ3n) is 8.68. The number of amides is 1. The topological polar surface area (TPSA) is 88.6 Å². The number of aryl methyl sites for hydroxylation is 1. The second kappa shape index (κ2) is 19.1. The number of nitrogens with zero attached hydrogens (tertiary/aromatic N) is 3. The Hall–Kier alpha value is -3.01. The third kappa shape index (κ3) is 10.7. The van der Waals surface area contributed by atoms with E-state index in [1.54, 1.807) is 19.1 Å². The van der Waals surface area contributed by atoms with E-state index in [4.69, 9.17) is 37.4 Å². The number of carbonyl (C=O) groups excluding carboxylic acids is 3. The molecular formula is C36H49Cl2N3O6. The van der Waals surface area contributed by atoms with Gasteiger partial charge in [-0.25, -0.2) is 4.79 Å². The predicted molar refractivity (Wildman–Crippen MR) is 187 cm³/mol. The molecule has 11 heteroatoms. The summed E-state index contributed by atoms with van der Waals surface area (Å²) in [6.45, 7) is 9.11. The lowest BCUT2D eigenvalue weighted by molar-refractivity contribution is -0.168. The Morgan fingerprint density at radius 3 is 2.40 bits per heavy atom. The molecule has 1 fully saturated rings. The van der Waals surface area contributed by atoms with Crippen LogP contribution in [0.1, 0.15) is 83.6 Å². The van der Waals surface area contributed by atoms with Crippen molar-refractivity contribution in [1.82, 2.24) is 4.90 Å². The van der Waals surface area contributed by atoms with Crippen molar-refractivity contribution < 1.29 is 28.6 Å². The number of anilines is 2. The first-order valence-electron chi connectivity index (χ1n) is 17.2. The Kier molecular flexibility index (Phi) is 15.0. The normalized spacial score (nSPS) is 15.7. The fourth-order valence-electron chi connectivity index (χ4n) is 6.05. The average molecular weight is 691 g/mol. The number of fused-ring (bicyclic) bond motifs is 1. The van der Waals surface area contributed by atoms with Gasteiger partial charge in [0.1, 0.15) is 5.75 Å². The van der Waals surface area contributed by atoms with Crippen molar-refractivity contribution in [2.75, 3.05) is 55.7 Å². The largest absolute Gasteiger partial charge is 0.494 e. The van der Waals surface area contributed by atoms with Gasteiger partial charge in [0.25, 0.3) is 6.23 Å². The summed E-state index contributed by atoms with van der Waals surface area (Å²) in [6.07, 6.45) is 7.41. The van der Waals surface area contributed by atoms with Crippen LogP contribution in [0.5, 0.6) is 5.75 Å². The van der Waals surface area contributed by atoms with Gasteiger partial charge in [0.2, 0.25) is 5.91 Å². The molecule has 0 aromatic heterocycles. The number of esters is 2. The minimum absolute atomic E-state index is 0.105. The van der Waals surface area contributed by atoms with Crippen LogP contribution in [0.25, 0.3) is 0 Å². The summed E-state index contributed by atoms with van der Waals surface area (Å²) in [7, 11) is 0. The van der Waals surface area contributed by atoms with Crippen molar-refractivity contribution >= 4 is 52.4 Å². The van der Waals surface area contributed by atoms with Crippen molar-refractivity contribution in [3.8, 4) is 5.75 Å². The highest BCUT2D eigenvalue weighted by molar-refractivity contribution is 6.43. The minimum atomic E-state index is -1.47. The second-order valence-corrected chi connectivity index (χ2v) is 12.9. The van der Waals surface area contributed by atoms with Crippen LogP contribution >= 0.6 is 23.2 Å². The van der Waals surface area contributed by atoms with Gasteiger partial charge in [-0.1, -0.05) is 74.4 Å². The van der Waals surface area contributed by atoms with E-state index in [1.807, 2.05) is 24.3 Å². The monoisotopic (exact) mass is 689 g/mol. The predicted octanol–water partition coefficient (Wildman–Crippen LogP) is 7.44. The summed E-state index contributed by atoms with van der Waals surface area (Å²) in [4.78, 5) is 45.0. The molecule has 1 saturated heterocycles. The number of unbranched alkanes of at least 4 members (excludes halogenated alkanes) is 6. The van der Waals surface area contributed by atoms with E-state index in [1.165, 1.54) is 11.3 Å². The van der Waals surface area contributed by atoms with Crippen LogP contribution in [-0.4, -0.2) is 74.9 Å². The van der Waals surface area contributed by atoms with Gasteiger partial charge >= 0.3 is 11.9 Å². The van der Waals surface area contributed by atoms with E-state index < -0.39 is 18.2 Å². The van der Waals surface area contributed by atoms with Crippen molar-refractivity contribution in [3.63, 3.8) is 0 Å².